The molecule has 3 N–H and O–H groups in total. The molecule has 2 saturated heterocycles. The van der Waals surface area contributed by atoms with E-state index in [0.29, 0.717) is 18.9 Å². The molecule has 7 rings (SSSR count). The second kappa shape index (κ2) is 17.2. The summed E-state index contributed by atoms with van der Waals surface area (Å²) in [6.45, 7) is 10.8. The van der Waals surface area contributed by atoms with E-state index in [4.69, 9.17) is 4.98 Å². The van der Waals surface area contributed by atoms with E-state index >= 15 is 0 Å². The highest BCUT2D eigenvalue weighted by Crippen LogP contribution is 2.37. The summed E-state index contributed by atoms with van der Waals surface area (Å²) in [5.74, 6) is 1.31. The lowest BCUT2D eigenvalue weighted by atomic mass is 10.0. The number of hydrogen-bond donors (Lipinski definition) is 3. The fourth-order valence-electron chi connectivity index (χ4n) is 8.70. The molecule has 0 bridgehead atoms. The number of likely N-dealkylation sites (N-methyl/N-ethyl adjacent to an activating group) is 2. The molecule has 0 radical (unpaired) electrons. The zero-order chi connectivity index (χ0) is 40.2. The van der Waals surface area contributed by atoms with Gasteiger partial charge < -0.3 is 24.9 Å². The van der Waals surface area contributed by atoms with Gasteiger partial charge in [0.05, 0.1) is 35.9 Å². The van der Waals surface area contributed by atoms with Crippen molar-refractivity contribution in [3.05, 3.63) is 108 Å². The highest BCUT2D eigenvalue weighted by Gasteiger charge is 2.40. The number of H-pyrrole nitrogens is 2. The standard InChI is InChI=1S/C45H54N8O4/c1-6-51(7-2)40(34-13-9-8-10-14-34)44(55)53-26-12-16-38(53)42-47-28-36(49-42)33-23-19-31(20-24-33)30-17-21-32(22-18-30)35-27-46-41(48-35)37-15-11-25-52(37)43(54)39(29(3)4)50(5)45(56)57/h8-10,13-14,17-24,27-29,37-40H,6-7,11-12,15-16,25-26H2,1-5H3,(H,46,48)(H,47,49)(H,56,57)/t37-,38-,39-,40+/m0/s1. The van der Waals surface area contributed by atoms with Crippen LogP contribution in [0.5, 0.6) is 0 Å². The Morgan fingerprint density at radius 3 is 1.61 bits per heavy atom. The maximum atomic E-state index is 14.2. The number of nitrogens with zero attached hydrogens (tertiary/aromatic N) is 6. The van der Waals surface area contributed by atoms with Crippen LogP contribution in [0.3, 0.4) is 0 Å². The average Bonchev–Trinajstić information content (AvgIpc) is 4.07. The highest BCUT2D eigenvalue weighted by molar-refractivity contribution is 5.86. The molecular formula is C45H54N8O4. The summed E-state index contributed by atoms with van der Waals surface area (Å²) >= 11 is 0. The molecular weight excluding hydrogens is 717 g/mol. The van der Waals surface area contributed by atoms with E-state index in [-0.39, 0.29) is 35.9 Å². The Kier molecular flexibility index (Phi) is 11.9. The fraction of sp³-hybridized carbons (Fsp3) is 0.400. The van der Waals surface area contributed by atoms with Gasteiger partial charge in [0.2, 0.25) is 11.8 Å². The summed E-state index contributed by atoms with van der Waals surface area (Å²) in [5.41, 5.74) is 6.95. The molecule has 0 saturated carbocycles. The van der Waals surface area contributed by atoms with Gasteiger partial charge >= 0.3 is 6.09 Å². The van der Waals surface area contributed by atoms with Crippen LogP contribution in [0.25, 0.3) is 33.6 Å². The van der Waals surface area contributed by atoms with Gasteiger partial charge in [0, 0.05) is 20.1 Å². The van der Waals surface area contributed by atoms with Crippen LogP contribution in [0.2, 0.25) is 0 Å². The molecule has 2 fully saturated rings. The Balaban J connectivity index is 1.02. The van der Waals surface area contributed by atoms with Crippen LogP contribution < -0.4 is 0 Å². The molecule has 5 aromatic rings. The predicted molar refractivity (Wildman–Crippen MR) is 221 cm³/mol. The van der Waals surface area contributed by atoms with E-state index in [1.165, 1.54) is 7.05 Å². The summed E-state index contributed by atoms with van der Waals surface area (Å²) in [5, 5.41) is 9.60. The summed E-state index contributed by atoms with van der Waals surface area (Å²) in [7, 11) is 1.46. The van der Waals surface area contributed by atoms with Gasteiger partial charge in [-0.25, -0.2) is 14.8 Å². The van der Waals surface area contributed by atoms with E-state index in [1.54, 1.807) is 11.1 Å². The number of hydrogen-bond acceptors (Lipinski definition) is 6. The Morgan fingerprint density at radius 1 is 0.719 bits per heavy atom. The smallest absolute Gasteiger partial charge is 0.407 e. The molecule has 3 aromatic carbocycles. The minimum Gasteiger partial charge on any atom is -0.465 e. The van der Waals surface area contributed by atoms with E-state index < -0.39 is 12.1 Å². The van der Waals surface area contributed by atoms with Gasteiger partial charge in [-0.15, -0.1) is 0 Å². The van der Waals surface area contributed by atoms with Crippen molar-refractivity contribution >= 4 is 17.9 Å². The second-order valence-electron chi connectivity index (χ2n) is 15.5. The molecule has 3 amide bonds. The van der Waals surface area contributed by atoms with Gasteiger partial charge in [-0.2, -0.15) is 0 Å². The lowest BCUT2D eigenvalue weighted by Gasteiger charge is -2.34. The van der Waals surface area contributed by atoms with Crippen molar-refractivity contribution in [2.75, 3.05) is 33.2 Å². The monoisotopic (exact) mass is 770 g/mol. The number of aromatic amines is 2. The van der Waals surface area contributed by atoms with E-state index in [0.717, 1.165) is 88.7 Å². The van der Waals surface area contributed by atoms with Crippen LogP contribution in [0.4, 0.5) is 4.79 Å². The number of rotatable bonds is 13. The molecule has 12 nitrogen and oxygen atoms in total. The molecule has 0 unspecified atom stereocenters. The Morgan fingerprint density at radius 2 is 1.18 bits per heavy atom. The number of carbonyl (C=O) groups excluding carboxylic acids is 2. The molecule has 2 aromatic heterocycles. The summed E-state index contributed by atoms with van der Waals surface area (Å²) in [6, 6.07) is 25.4. The van der Waals surface area contributed by atoms with Gasteiger partial charge in [0.1, 0.15) is 23.7 Å². The zero-order valence-corrected chi connectivity index (χ0v) is 33.6. The maximum Gasteiger partial charge on any atom is 0.407 e. The minimum absolute atomic E-state index is 0.0978. The molecule has 0 aliphatic carbocycles. The number of likely N-dealkylation sites (tertiary alicyclic amines) is 2. The topological polar surface area (TPSA) is 142 Å². The summed E-state index contributed by atoms with van der Waals surface area (Å²) < 4.78 is 0. The van der Waals surface area contributed by atoms with Crippen molar-refractivity contribution < 1.29 is 19.5 Å². The van der Waals surface area contributed by atoms with Crippen molar-refractivity contribution in [3.8, 4) is 33.6 Å². The SMILES string of the molecule is CCN(CC)[C@@H](C(=O)N1CCC[C@H]1c1ncc(-c2ccc(-c3ccc(-c4cnc([C@@H]5CCCN5C(=O)[C@H](C(C)C)N(C)C(=O)O)[nH]4)cc3)cc2)[nH]1)c1ccccc1. The minimum atomic E-state index is -1.12. The molecule has 298 valence electrons. The number of carbonyl (C=O) groups is 3. The first-order valence-electron chi connectivity index (χ1n) is 20.3. The molecule has 12 heteroatoms. The lowest BCUT2D eigenvalue weighted by molar-refractivity contribution is -0.139. The first kappa shape index (κ1) is 39.5. The quantitative estimate of drug-likeness (QED) is 0.110. The number of carboxylic acid groups (broad SMARTS) is 1. The molecule has 4 heterocycles. The van der Waals surface area contributed by atoms with Crippen LogP contribution in [-0.4, -0.2) is 102 Å². The van der Waals surface area contributed by atoms with Crippen LogP contribution in [0.1, 0.15) is 88.7 Å². The van der Waals surface area contributed by atoms with Crippen LogP contribution in [-0.2, 0) is 9.59 Å². The van der Waals surface area contributed by atoms with Crippen molar-refractivity contribution in [3.63, 3.8) is 0 Å². The van der Waals surface area contributed by atoms with Crippen molar-refractivity contribution in [1.82, 2.24) is 39.5 Å². The molecule has 4 atom stereocenters. The largest absolute Gasteiger partial charge is 0.465 e. The van der Waals surface area contributed by atoms with Crippen LogP contribution in [0, 0.1) is 5.92 Å². The normalized spacial score (nSPS) is 18.0. The van der Waals surface area contributed by atoms with Crippen LogP contribution in [0.15, 0.2) is 91.3 Å². The summed E-state index contributed by atoms with van der Waals surface area (Å²) in [4.78, 5) is 63.2. The Labute approximate surface area is 334 Å². The zero-order valence-electron chi connectivity index (χ0n) is 33.6. The third-order valence-corrected chi connectivity index (χ3v) is 11.7. The fourth-order valence-corrected chi connectivity index (χ4v) is 8.70. The second-order valence-corrected chi connectivity index (χ2v) is 15.5. The van der Waals surface area contributed by atoms with Gasteiger partial charge in [0.25, 0.3) is 0 Å². The highest BCUT2D eigenvalue weighted by atomic mass is 16.4. The Bertz CT molecular complexity index is 2140. The first-order valence-corrected chi connectivity index (χ1v) is 20.3. The van der Waals surface area contributed by atoms with Gasteiger partial charge in [0.15, 0.2) is 0 Å². The number of benzene rings is 3. The number of nitrogens with one attached hydrogen (secondary N) is 2. The average molecular weight is 771 g/mol. The summed E-state index contributed by atoms with van der Waals surface area (Å²) in [6.07, 6.45) is 5.96. The molecule has 0 spiro atoms. The van der Waals surface area contributed by atoms with Gasteiger partial charge in [-0.1, -0.05) is 107 Å². The third kappa shape index (κ3) is 8.09. The number of imidazole rings is 2. The van der Waals surface area contributed by atoms with E-state index in [1.807, 2.05) is 43.1 Å². The predicted octanol–water partition coefficient (Wildman–Crippen LogP) is 8.18. The molecule has 2 aliphatic heterocycles. The maximum absolute atomic E-state index is 14.2. The van der Waals surface area contributed by atoms with E-state index in [2.05, 4.69) is 94.4 Å². The van der Waals surface area contributed by atoms with Crippen molar-refractivity contribution in [1.29, 1.82) is 0 Å². The number of aromatic nitrogens is 4. The molecule has 57 heavy (non-hydrogen) atoms. The third-order valence-electron chi connectivity index (χ3n) is 11.7. The van der Waals surface area contributed by atoms with Crippen molar-refractivity contribution in [2.24, 2.45) is 5.92 Å². The first-order chi connectivity index (χ1) is 27.6. The van der Waals surface area contributed by atoms with E-state index in [9.17, 15) is 19.5 Å². The van der Waals surface area contributed by atoms with Crippen molar-refractivity contribution in [2.45, 2.75) is 77.5 Å². The lowest BCUT2D eigenvalue weighted by Crippen LogP contribution is -2.51. The Hall–Kier alpha value is -5.75. The van der Waals surface area contributed by atoms with Gasteiger partial charge in [-0.05, 0) is 72.5 Å². The van der Waals surface area contributed by atoms with Gasteiger partial charge in [-0.3, -0.25) is 19.4 Å². The van der Waals surface area contributed by atoms with Crippen LogP contribution >= 0.6 is 0 Å². The molecule has 2 aliphatic rings. The number of amides is 3.